The van der Waals surface area contributed by atoms with Crippen molar-refractivity contribution in [2.45, 2.75) is 19.3 Å². The summed E-state index contributed by atoms with van der Waals surface area (Å²) in [4.78, 5) is 10.8. The molecule has 3 aromatic rings. The number of carboxylic acid groups (broad SMARTS) is 1. The normalized spacial score (nSPS) is 11.5. The molecule has 0 atom stereocenters. The van der Waals surface area contributed by atoms with Gasteiger partial charge in [-0.3, -0.25) is 0 Å². The number of alkyl halides is 3. The minimum atomic E-state index is -4.33. The van der Waals surface area contributed by atoms with Crippen molar-refractivity contribution in [3.63, 3.8) is 0 Å². The Morgan fingerprint density at radius 3 is 1.93 bits per heavy atom. The van der Waals surface area contributed by atoms with Gasteiger partial charge in [-0.2, -0.15) is 13.2 Å². The number of halogens is 3. The zero-order valence-corrected chi connectivity index (χ0v) is 14.1. The van der Waals surface area contributed by atoms with Crippen molar-refractivity contribution in [1.29, 1.82) is 0 Å². The van der Waals surface area contributed by atoms with Crippen molar-refractivity contribution in [2.75, 3.05) is 0 Å². The number of carbonyl (C=O) groups is 1. The first-order chi connectivity index (χ1) is 12.8. The third-order valence-corrected chi connectivity index (χ3v) is 3.99. The molecule has 7 heteroatoms. The van der Waals surface area contributed by atoms with E-state index in [0.29, 0.717) is 18.8 Å². The molecule has 0 unspecified atom stereocenters. The van der Waals surface area contributed by atoms with Crippen LogP contribution < -0.4 is 5.32 Å². The molecule has 27 heavy (non-hydrogen) atoms. The second-order valence-corrected chi connectivity index (χ2v) is 5.96. The Bertz CT molecular complexity index is 913. The van der Waals surface area contributed by atoms with E-state index >= 15 is 0 Å². The number of hydrogen-bond donors (Lipinski definition) is 2. The van der Waals surface area contributed by atoms with Crippen molar-refractivity contribution in [2.24, 2.45) is 0 Å². The molecular weight excluding hydrogens is 359 g/mol. The number of aromatic carboxylic acids is 1. The van der Waals surface area contributed by atoms with Crippen LogP contribution in [0.25, 0.3) is 11.3 Å². The molecule has 2 aromatic carbocycles. The molecule has 0 saturated heterocycles. The molecule has 0 aliphatic heterocycles. The van der Waals surface area contributed by atoms with Gasteiger partial charge in [-0.25, -0.2) is 4.79 Å². The van der Waals surface area contributed by atoms with Crippen LogP contribution in [0, 0.1) is 0 Å². The van der Waals surface area contributed by atoms with Gasteiger partial charge >= 0.3 is 12.1 Å². The van der Waals surface area contributed by atoms with Gasteiger partial charge in [0.2, 0.25) is 5.76 Å². The zero-order chi connectivity index (χ0) is 19.4. The number of hydrogen-bond acceptors (Lipinski definition) is 3. The Kier molecular flexibility index (Phi) is 5.32. The maximum atomic E-state index is 12.5. The second-order valence-electron chi connectivity index (χ2n) is 5.96. The van der Waals surface area contributed by atoms with Crippen LogP contribution in [0.4, 0.5) is 13.2 Å². The molecule has 0 radical (unpaired) electrons. The lowest BCUT2D eigenvalue weighted by Gasteiger charge is -2.09. The number of rotatable bonds is 6. The van der Waals surface area contributed by atoms with E-state index < -0.39 is 17.7 Å². The molecule has 0 aliphatic rings. The number of benzene rings is 2. The lowest BCUT2D eigenvalue weighted by molar-refractivity contribution is -0.137. The highest BCUT2D eigenvalue weighted by Gasteiger charge is 2.29. The third-order valence-electron chi connectivity index (χ3n) is 3.99. The van der Waals surface area contributed by atoms with E-state index in [9.17, 15) is 18.0 Å². The van der Waals surface area contributed by atoms with Gasteiger partial charge in [0, 0.05) is 18.7 Å². The summed E-state index contributed by atoms with van der Waals surface area (Å²) in [5.41, 5.74) is 1.84. The topological polar surface area (TPSA) is 62.5 Å². The highest BCUT2D eigenvalue weighted by atomic mass is 19.4. The summed E-state index contributed by atoms with van der Waals surface area (Å²) in [6, 6.07) is 15.4. The monoisotopic (exact) mass is 375 g/mol. The fourth-order valence-corrected chi connectivity index (χ4v) is 2.56. The van der Waals surface area contributed by atoms with Crippen LogP contribution in [0.3, 0.4) is 0 Å². The molecular formula is C20H16F3NO3. The Balaban J connectivity index is 1.55. The molecule has 2 N–H and O–H groups in total. The van der Waals surface area contributed by atoms with Gasteiger partial charge in [-0.15, -0.1) is 0 Å². The van der Waals surface area contributed by atoms with Gasteiger partial charge in [0.1, 0.15) is 5.76 Å². The van der Waals surface area contributed by atoms with E-state index in [1.807, 2.05) is 24.3 Å². The first-order valence-electron chi connectivity index (χ1n) is 8.12. The number of carboxylic acids is 1. The predicted molar refractivity (Wildman–Crippen MR) is 93.1 cm³/mol. The summed E-state index contributed by atoms with van der Waals surface area (Å²) in [5, 5.41) is 12.0. The summed E-state index contributed by atoms with van der Waals surface area (Å²) in [5.74, 6) is -0.769. The second kappa shape index (κ2) is 7.67. The van der Waals surface area contributed by atoms with E-state index in [1.165, 1.54) is 18.2 Å². The third kappa shape index (κ3) is 4.77. The summed E-state index contributed by atoms with van der Waals surface area (Å²) >= 11 is 0. The average molecular weight is 375 g/mol. The summed E-state index contributed by atoms with van der Waals surface area (Å²) in [6.45, 7) is 0.986. The van der Waals surface area contributed by atoms with E-state index in [4.69, 9.17) is 9.52 Å². The van der Waals surface area contributed by atoms with Crippen molar-refractivity contribution in [3.8, 4) is 11.3 Å². The largest absolute Gasteiger partial charge is 0.475 e. The van der Waals surface area contributed by atoms with Crippen LogP contribution in [0.2, 0.25) is 0 Å². The van der Waals surface area contributed by atoms with Crippen LogP contribution in [0.5, 0.6) is 0 Å². The van der Waals surface area contributed by atoms with Crippen LogP contribution in [-0.4, -0.2) is 11.1 Å². The first kappa shape index (κ1) is 18.7. The molecule has 0 fully saturated rings. The van der Waals surface area contributed by atoms with Gasteiger partial charge in [0.25, 0.3) is 0 Å². The minimum absolute atomic E-state index is 0.118. The van der Waals surface area contributed by atoms with Crippen LogP contribution in [0.1, 0.15) is 27.2 Å². The summed E-state index contributed by atoms with van der Waals surface area (Å²) in [6.07, 6.45) is -4.33. The average Bonchev–Trinajstić information content (AvgIpc) is 3.12. The molecule has 0 saturated carbocycles. The van der Waals surface area contributed by atoms with Crippen LogP contribution >= 0.6 is 0 Å². The quantitative estimate of drug-likeness (QED) is 0.640. The molecule has 4 nitrogen and oxygen atoms in total. The van der Waals surface area contributed by atoms with E-state index in [-0.39, 0.29) is 5.76 Å². The molecule has 0 aliphatic carbocycles. The smallest absolute Gasteiger partial charge is 0.416 e. The van der Waals surface area contributed by atoms with Gasteiger partial charge < -0.3 is 14.8 Å². The Hall–Kier alpha value is -3.06. The fraction of sp³-hybridized carbons (Fsp3) is 0.150. The lowest BCUT2D eigenvalue weighted by Crippen LogP contribution is -2.13. The maximum Gasteiger partial charge on any atom is 0.416 e. The maximum absolute atomic E-state index is 12.5. The van der Waals surface area contributed by atoms with E-state index in [0.717, 1.165) is 28.8 Å². The zero-order valence-electron chi connectivity index (χ0n) is 14.1. The highest BCUT2D eigenvalue weighted by Crippen LogP contribution is 2.29. The number of nitrogens with one attached hydrogen (secondary N) is 1. The van der Waals surface area contributed by atoms with Crippen molar-refractivity contribution >= 4 is 5.97 Å². The Labute approximate surface area is 153 Å². The highest BCUT2D eigenvalue weighted by molar-refractivity contribution is 5.85. The van der Waals surface area contributed by atoms with Crippen LogP contribution in [0.15, 0.2) is 65.1 Å². The molecule has 1 aromatic heterocycles. The Morgan fingerprint density at radius 2 is 1.44 bits per heavy atom. The van der Waals surface area contributed by atoms with Gasteiger partial charge in [0.15, 0.2) is 0 Å². The van der Waals surface area contributed by atoms with E-state index in [2.05, 4.69) is 5.32 Å². The van der Waals surface area contributed by atoms with Crippen molar-refractivity contribution in [3.05, 3.63) is 83.1 Å². The van der Waals surface area contributed by atoms with Gasteiger partial charge in [-0.1, -0.05) is 36.4 Å². The Morgan fingerprint density at radius 1 is 0.889 bits per heavy atom. The minimum Gasteiger partial charge on any atom is -0.475 e. The molecule has 1 heterocycles. The van der Waals surface area contributed by atoms with E-state index in [1.54, 1.807) is 6.07 Å². The fourth-order valence-electron chi connectivity index (χ4n) is 2.56. The molecule has 0 bridgehead atoms. The van der Waals surface area contributed by atoms with Crippen LogP contribution in [-0.2, 0) is 19.3 Å². The number of furan rings is 1. The summed E-state index contributed by atoms with van der Waals surface area (Å²) in [7, 11) is 0. The molecule has 140 valence electrons. The van der Waals surface area contributed by atoms with Gasteiger partial charge in [0.05, 0.1) is 5.56 Å². The standard InChI is InChI=1S/C20H16F3NO3/c21-20(22,23)16-7-3-14(4-8-16)12-24-11-13-1-5-15(6-2-13)17-9-10-18(27-17)19(25)26/h1-10,24H,11-12H2,(H,25,26). The van der Waals surface area contributed by atoms with Crippen molar-refractivity contribution < 1.29 is 27.5 Å². The molecule has 3 rings (SSSR count). The van der Waals surface area contributed by atoms with Crippen molar-refractivity contribution in [1.82, 2.24) is 5.32 Å². The first-order valence-corrected chi connectivity index (χ1v) is 8.12. The molecule has 0 spiro atoms. The SMILES string of the molecule is O=C(O)c1ccc(-c2ccc(CNCc3ccc(C(F)(F)F)cc3)cc2)o1. The lowest BCUT2D eigenvalue weighted by atomic mass is 10.1. The van der Waals surface area contributed by atoms with Gasteiger partial charge in [-0.05, 0) is 35.4 Å². The predicted octanol–water partition coefficient (Wildman–Crippen LogP) is 4.95. The molecule has 0 amide bonds. The summed E-state index contributed by atoms with van der Waals surface area (Å²) < 4.78 is 42.9.